The van der Waals surface area contributed by atoms with Gasteiger partial charge in [0.1, 0.15) is 5.82 Å². The predicted octanol–water partition coefficient (Wildman–Crippen LogP) is -0.157. The van der Waals surface area contributed by atoms with Crippen LogP contribution in [0.25, 0.3) is 0 Å². The monoisotopic (exact) mass is 209 g/mol. The van der Waals surface area contributed by atoms with Crippen molar-refractivity contribution in [2.75, 3.05) is 6.54 Å². The molecule has 1 saturated heterocycles. The number of likely N-dealkylation sites (tertiary alicyclic amines) is 1. The molecule has 1 aliphatic rings. The normalized spacial score (nSPS) is 20.9. The number of hydrogen-bond acceptors (Lipinski definition) is 3. The van der Waals surface area contributed by atoms with Gasteiger partial charge in [0.2, 0.25) is 5.91 Å². The number of carbonyl (C=O) groups excluding carboxylic acids is 1. The SMILES string of the molecule is O=C(O)C1CC(=O)N(Cc2ncc[nH]2)C1. The third-order valence-electron chi connectivity index (χ3n) is 2.46. The third-order valence-corrected chi connectivity index (χ3v) is 2.46. The number of H-pyrrole nitrogens is 1. The lowest BCUT2D eigenvalue weighted by atomic mass is 10.1. The molecule has 1 atom stereocenters. The van der Waals surface area contributed by atoms with E-state index in [4.69, 9.17) is 5.11 Å². The topological polar surface area (TPSA) is 86.3 Å². The maximum atomic E-state index is 11.4. The molecule has 80 valence electrons. The highest BCUT2D eigenvalue weighted by Crippen LogP contribution is 2.19. The average molecular weight is 209 g/mol. The number of rotatable bonds is 3. The van der Waals surface area contributed by atoms with Crippen LogP contribution in [-0.4, -0.2) is 38.4 Å². The Morgan fingerprint density at radius 2 is 2.53 bits per heavy atom. The van der Waals surface area contributed by atoms with Crippen LogP contribution in [0.2, 0.25) is 0 Å². The summed E-state index contributed by atoms with van der Waals surface area (Å²) < 4.78 is 0. The average Bonchev–Trinajstić information content (AvgIpc) is 2.77. The first-order valence-corrected chi connectivity index (χ1v) is 4.65. The van der Waals surface area contributed by atoms with Crippen LogP contribution in [-0.2, 0) is 16.1 Å². The summed E-state index contributed by atoms with van der Waals surface area (Å²) in [7, 11) is 0. The lowest BCUT2D eigenvalue weighted by molar-refractivity contribution is -0.141. The molecule has 2 N–H and O–H groups in total. The van der Waals surface area contributed by atoms with Gasteiger partial charge in [-0.3, -0.25) is 9.59 Å². The summed E-state index contributed by atoms with van der Waals surface area (Å²) in [6, 6.07) is 0. The van der Waals surface area contributed by atoms with Gasteiger partial charge in [0.05, 0.1) is 12.5 Å². The fourth-order valence-electron chi connectivity index (χ4n) is 1.66. The molecule has 0 aliphatic carbocycles. The van der Waals surface area contributed by atoms with E-state index in [-0.39, 0.29) is 18.9 Å². The highest BCUT2D eigenvalue weighted by molar-refractivity contribution is 5.85. The zero-order chi connectivity index (χ0) is 10.8. The van der Waals surface area contributed by atoms with E-state index in [0.717, 1.165) is 0 Å². The van der Waals surface area contributed by atoms with E-state index in [1.807, 2.05) is 0 Å². The van der Waals surface area contributed by atoms with Gasteiger partial charge in [-0.2, -0.15) is 0 Å². The van der Waals surface area contributed by atoms with Crippen molar-refractivity contribution < 1.29 is 14.7 Å². The molecule has 15 heavy (non-hydrogen) atoms. The molecule has 1 aromatic heterocycles. The standard InChI is InChI=1S/C9H11N3O3/c13-8-3-6(9(14)15)4-12(8)5-7-10-1-2-11-7/h1-2,6H,3-5H2,(H,10,11)(H,14,15). The molecule has 1 fully saturated rings. The van der Waals surface area contributed by atoms with E-state index in [0.29, 0.717) is 12.4 Å². The molecule has 1 aromatic rings. The van der Waals surface area contributed by atoms with Crippen LogP contribution in [0.1, 0.15) is 12.2 Å². The van der Waals surface area contributed by atoms with Crippen molar-refractivity contribution in [3.05, 3.63) is 18.2 Å². The highest BCUT2D eigenvalue weighted by Gasteiger charge is 2.34. The number of aromatic amines is 1. The molecule has 6 nitrogen and oxygen atoms in total. The summed E-state index contributed by atoms with van der Waals surface area (Å²) in [6.07, 6.45) is 3.37. The molecule has 0 bridgehead atoms. The van der Waals surface area contributed by atoms with Crippen LogP contribution in [0.5, 0.6) is 0 Å². The second-order valence-corrected chi connectivity index (χ2v) is 3.55. The maximum absolute atomic E-state index is 11.4. The first-order chi connectivity index (χ1) is 7.16. The van der Waals surface area contributed by atoms with E-state index < -0.39 is 11.9 Å². The van der Waals surface area contributed by atoms with Crippen molar-refractivity contribution in [2.24, 2.45) is 5.92 Å². The van der Waals surface area contributed by atoms with Crippen molar-refractivity contribution in [3.63, 3.8) is 0 Å². The van der Waals surface area contributed by atoms with E-state index in [1.54, 1.807) is 12.4 Å². The van der Waals surface area contributed by atoms with Gasteiger partial charge in [-0.05, 0) is 0 Å². The molecule has 1 aliphatic heterocycles. The van der Waals surface area contributed by atoms with Gasteiger partial charge >= 0.3 is 5.97 Å². The third kappa shape index (κ3) is 1.98. The molecule has 1 amide bonds. The van der Waals surface area contributed by atoms with Crippen LogP contribution in [0.3, 0.4) is 0 Å². The fraction of sp³-hybridized carbons (Fsp3) is 0.444. The van der Waals surface area contributed by atoms with Crippen molar-refractivity contribution in [1.29, 1.82) is 0 Å². The van der Waals surface area contributed by atoms with Crippen LogP contribution >= 0.6 is 0 Å². The number of imidazole rings is 1. The summed E-state index contributed by atoms with van der Waals surface area (Å²) in [5.41, 5.74) is 0. The van der Waals surface area contributed by atoms with Crippen LogP contribution in [0.15, 0.2) is 12.4 Å². The van der Waals surface area contributed by atoms with Crippen molar-refractivity contribution >= 4 is 11.9 Å². The minimum atomic E-state index is -0.912. The smallest absolute Gasteiger partial charge is 0.308 e. The number of amides is 1. The minimum absolute atomic E-state index is 0.0933. The van der Waals surface area contributed by atoms with E-state index >= 15 is 0 Å². The van der Waals surface area contributed by atoms with Gasteiger partial charge in [-0.25, -0.2) is 4.98 Å². The number of carboxylic acids is 1. The largest absolute Gasteiger partial charge is 0.481 e. The number of aliphatic carboxylic acids is 1. The van der Waals surface area contributed by atoms with Gasteiger partial charge in [0.25, 0.3) is 0 Å². The Labute approximate surface area is 85.9 Å². The van der Waals surface area contributed by atoms with E-state index in [2.05, 4.69) is 9.97 Å². The van der Waals surface area contributed by atoms with Gasteiger partial charge < -0.3 is 15.0 Å². The summed E-state index contributed by atoms with van der Waals surface area (Å²) in [6.45, 7) is 0.629. The zero-order valence-electron chi connectivity index (χ0n) is 8.01. The number of aromatic nitrogens is 2. The predicted molar refractivity (Wildman–Crippen MR) is 49.7 cm³/mol. The lowest BCUT2D eigenvalue weighted by Crippen LogP contribution is -2.26. The fourth-order valence-corrected chi connectivity index (χ4v) is 1.66. The Kier molecular flexibility index (Phi) is 2.40. The number of carboxylic acid groups (broad SMARTS) is 1. The number of hydrogen-bond donors (Lipinski definition) is 2. The second-order valence-electron chi connectivity index (χ2n) is 3.55. The van der Waals surface area contributed by atoms with Gasteiger partial charge in [-0.15, -0.1) is 0 Å². The molecule has 6 heteroatoms. The van der Waals surface area contributed by atoms with Crippen LogP contribution in [0.4, 0.5) is 0 Å². The first-order valence-electron chi connectivity index (χ1n) is 4.65. The van der Waals surface area contributed by atoms with Gasteiger partial charge in [-0.1, -0.05) is 0 Å². The summed E-state index contributed by atoms with van der Waals surface area (Å²) >= 11 is 0. The molecule has 0 radical (unpaired) electrons. The van der Waals surface area contributed by atoms with E-state index in [9.17, 15) is 9.59 Å². The minimum Gasteiger partial charge on any atom is -0.481 e. The summed E-state index contributed by atoms with van der Waals surface area (Å²) in [5.74, 6) is -0.939. The molecule has 0 spiro atoms. The number of nitrogens with zero attached hydrogens (tertiary/aromatic N) is 2. The molecular formula is C9H11N3O3. The highest BCUT2D eigenvalue weighted by atomic mass is 16.4. The molecule has 2 rings (SSSR count). The van der Waals surface area contributed by atoms with Crippen molar-refractivity contribution in [3.8, 4) is 0 Å². The second kappa shape index (κ2) is 3.72. The lowest BCUT2D eigenvalue weighted by Gasteiger charge is -2.13. The first kappa shape index (κ1) is 9.70. The zero-order valence-corrected chi connectivity index (χ0v) is 8.01. The number of nitrogens with one attached hydrogen (secondary N) is 1. The summed E-state index contributed by atoms with van der Waals surface area (Å²) in [4.78, 5) is 30.5. The Morgan fingerprint density at radius 1 is 1.73 bits per heavy atom. The Balaban J connectivity index is 2.00. The Hall–Kier alpha value is -1.85. The van der Waals surface area contributed by atoms with Crippen molar-refractivity contribution in [1.82, 2.24) is 14.9 Å². The summed E-state index contributed by atoms with van der Waals surface area (Å²) in [5, 5.41) is 8.77. The molecule has 1 unspecified atom stereocenters. The number of carbonyl (C=O) groups is 2. The maximum Gasteiger partial charge on any atom is 0.308 e. The van der Waals surface area contributed by atoms with E-state index in [1.165, 1.54) is 4.90 Å². The van der Waals surface area contributed by atoms with Gasteiger partial charge in [0, 0.05) is 25.4 Å². The Morgan fingerprint density at radius 3 is 3.07 bits per heavy atom. The van der Waals surface area contributed by atoms with Crippen molar-refractivity contribution in [2.45, 2.75) is 13.0 Å². The van der Waals surface area contributed by atoms with Crippen LogP contribution < -0.4 is 0 Å². The van der Waals surface area contributed by atoms with Gasteiger partial charge in [0.15, 0.2) is 0 Å². The molecular weight excluding hydrogens is 198 g/mol. The molecule has 2 heterocycles. The van der Waals surface area contributed by atoms with Crippen LogP contribution in [0, 0.1) is 5.92 Å². The molecule has 0 saturated carbocycles. The quantitative estimate of drug-likeness (QED) is 0.724. The Bertz CT molecular complexity index is 374. The molecule has 0 aromatic carbocycles.